The van der Waals surface area contributed by atoms with Crippen molar-refractivity contribution in [2.24, 2.45) is 5.92 Å². The third-order valence-electron chi connectivity index (χ3n) is 6.97. The molecule has 1 aliphatic carbocycles. The van der Waals surface area contributed by atoms with Gasteiger partial charge in [-0.15, -0.1) is 0 Å². The Balaban J connectivity index is 1.66. The van der Waals surface area contributed by atoms with Gasteiger partial charge in [-0.2, -0.15) is 18.3 Å². The topological polar surface area (TPSA) is 134 Å². The number of hydrogen-bond acceptors (Lipinski definition) is 6. The lowest BCUT2D eigenvalue weighted by atomic mass is 9.86. The van der Waals surface area contributed by atoms with Gasteiger partial charge in [0.25, 0.3) is 5.91 Å². The molecule has 15 heteroatoms. The molecular weight excluding hydrogens is 566 g/mol. The van der Waals surface area contributed by atoms with Gasteiger partial charge in [0.1, 0.15) is 0 Å². The number of nitrogens with zero attached hydrogens (tertiary/aromatic N) is 4. The number of ketones is 1. The zero-order valence-electron chi connectivity index (χ0n) is 20.4. The summed E-state index contributed by atoms with van der Waals surface area (Å²) in [5, 5.41) is 15.6. The minimum absolute atomic E-state index is 0.0881. The van der Waals surface area contributed by atoms with Gasteiger partial charge < -0.3 is 15.3 Å². The molecule has 39 heavy (non-hydrogen) atoms. The maximum atomic E-state index is 14.3. The Morgan fingerprint density at radius 2 is 1.72 bits per heavy atom. The molecule has 0 aromatic carbocycles. The predicted octanol–water partition coefficient (Wildman–Crippen LogP) is 4.02. The lowest BCUT2D eigenvalue weighted by Crippen LogP contribution is -2.44. The Morgan fingerprint density at radius 1 is 1.08 bits per heavy atom. The number of nitrogens with one attached hydrogen (secondary N) is 1. The van der Waals surface area contributed by atoms with Crippen LogP contribution in [0.15, 0.2) is 18.6 Å². The minimum Gasteiger partial charge on any atom is -0.481 e. The number of carbonyl (C=O) groups is 4. The predicted molar refractivity (Wildman–Crippen MR) is 132 cm³/mol. The summed E-state index contributed by atoms with van der Waals surface area (Å²) in [7, 11) is 0. The van der Waals surface area contributed by atoms with Crippen LogP contribution in [0.5, 0.6) is 0 Å². The molecule has 2 amide bonds. The number of halogens is 5. The summed E-state index contributed by atoms with van der Waals surface area (Å²) in [5.41, 5.74) is -2.17. The number of aromatic nitrogens is 3. The van der Waals surface area contributed by atoms with Crippen molar-refractivity contribution < 1.29 is 37.5 Å². The summed E-state index contributed by atoms with van der Waals surface area (Å²) < 4.78 is 43.7. The molecule has 2 aromatic rings. The average molecular weight is 590 g/mol. The lowest BCUT2D eigenvalue weighted by molar-refractivity contribution is -0.147. The van der Waals surface area contributed by atoms with Gasteiger partial charge in [0.15, 0.2) is 11.5 Å². The highest BCUT2D eigenvalue weighted by Crippen LogP contribution is 2.39. The fraction of sp³-hybridized carbons (Fsp3) is 0.500. The summed E-state index contributed by atoms with van der Waals surface area (Å²) in [4.78, 5) is 54.4. The highest BCUT2D eigenvalue weighted by Gasteiger charge is 2.43. The Hall–Kier alpha value is -3.19. The van der Waals surface area contributed by atoms with Crippen LogP contribution in [0.3, 0.4) is 0 Å². The second-order valence-corrected chi connectivity index (χ2v) is 10.4. The van der Waals surface area contributed by atoms with Crippen LogP contribution in [-0.4, -0.2) is 67.5 Å². The molecule has 2 N–H and O–H groups in total. The Kier molecular flexibility index (Phi) is 8.50. The summed E-state index contributed by atoms with van der Waals surface area (Å²) in [5.74, 6) is -3.77. The van der Waals surface area contributed by atoms with Gasteiger partial charge in [0.2, 0.25) is 5.91 Å². The number of hydrogen-bond donors (Lipinski definition) is 2. The van der Waals surface area contributed by atoms with E-state index in [2.05, 4.69) is 15.4 Å². The van der Waals surface area contributed by atoms with Crippen molar-refractivity contribution in [2.75, 3.05) is 13.1 Å². The third kappa shape index (κ3) is 6.35. The lowest BCUT2D eigenvalue weighted by Gasteiger charge is -2.29. The Bertz CT molecular complexity index is 1270. The molecular formula is C24H24Cl2F3N5O5. The largest absolute Gasteiger partial charge is 0.481 e. The van der Waals surface area contributed by atoms with Crippen LogP contribution in [0.1, 0.15) is 71.0 Å². The van der Waals surface area contributed by atoms with Crippen molar-refractivity contribution in [1.29, 1.82) is 0 Å². The molecule has 1 saturated heterocycles. The molecule has 210 valence electrons. The first-order valence-corrected chi connectivity index (χ1v) is 12.9. The van der Waals surface area contributed by atoms with Gasteiger partial charge in [-0.05, 0) is 32.1 Å². The van der Waals surface area contributed by atoms with Crippen LogP contribution < -0.4 is 5.32 Å². The smallest absolute Gasteiger partial charge is 0.433 e. The molecule has 1 saturated carbocycles. The zero-order chi connectivity index (χ0) is 28.5. The number of pyridine rings is 1. The van der Waals surface area contributed by atoms with E-state index in [1.807, 2.05) is 0 Å². The maximum absolute atomic E-state index is 14.3. The van der Waals surface area contributed by atoms with Crippen molar-refractivity contribution in [3.05, 3.63) is 45.5 Å². The van der Waals surface area contributed by atoms with E-state index in [9.17, 15) is 37.5 Å². The van der Waals surface area contributed by atoms with Gasteiger partial charge in [-0.3, -0.25) is 28.8 Å². The van der Waals surface area contributed by atoms with Crippen molar-refractivity contribution in [2.45, 2.75) is 56.8 Å². The molecule has 0 unspecified atom stereocenters. The molecule has 0 spiro atoms. The first-order chi connectivity index (χ1) is 18.4. The molecule has 0 radical (unpaired) electrons. The van der Waals surface area contributed by atoms with Crippen molar-refractivity contribution >= 4 is 46.8 Å². The van der Waals surface area contributed by atoms with Crippen LogP contribution in [0.4, 0.5) is 13.2 Å². The van der Waals surface area contributed by atoms with Crippen LogP contribution in [-0.2, 0) is 15.8 Å². The molecule has 1 atom stereocenters. The van der Waals surface area contributed by atoms with Crippen molar-refractivity contribution in [1.82, 2.24) is 25.0 Å². The number of rotatable bonds is 8. The normalized spacial score (nSPS) is 21.5. The van der Waals surface area contributed by atoms with Crippen LogP contribution in [0.25, 0.3) is 0 Å². The number of Topliss-reactive ketones (excluding diaryl/α,β-unsaturated/α-hetero) is 1. The second-order valence-electron chi connectivity index (χ2n) is 9.58. The van der Waals surface area contributed by atoms with E-state index >= 15 is 0 Å². The van der Waals surface area contributed by atoms with E-state index < -0.39 is 59.6 Å². The summed E-state index contributed by atoms with van der Waals surface area (Å²) in [6.45, 7) is -0.899. The molecule has 2 aliphatic rings. The summed E-state index contributed by atoms with van der Waals surface area (Å²) >= 11 is 12.1. The Morgan fingerprint density at radius 3 is 2.26 bits per heavy atom. The number of carboxylic acid groups (broad SMARTS) is 1. The van der Waals surface area contributed by atoms with Crippen molar-refractivity contribution in [3.8, 4) is 0 Å². The Labute approximate surface area is 230 Å². The van der Waals surface area contributed by atoms with Gasteiger partial charge in [0.05, 0.1) is 45.9 Å². The van der Waals surface area contributed by atoms with Gasteiger partial charge in [-0.1, -0.05) is 23.2 Å². The number of alkyl halides is 3. The summed E-state index contributed by atoms with van der Waals surface area (Å²) in [6.07, 6.45) is -0.671. The van der Waals surface area contributed by atoms with Crippen LogP contribution >= 0.6 is 23.2 Å². The highest BCUT2D eigenvalue weighted by atomic mass is 35.5. The van der Waals surface area contributed by atoms with Crippen molar-refractivity contribution in [3.63, 3.8) is 0 Å². The first-order valence-electron chi connectivity index (χ1n) is 12.1. The minimum atomic E-state index is -4.97. The average Bonchev–Trinajstić information content (AvgIpc) is 3.49. The fourth-order valence-corrected chi connectivity index (χ4v) is 5.62. The van der Waals surface area contributed by atoms with Crippen LogP contribution in [0.2, 0.25) is 10.0 Å². The zero-order valence-corrected chi connectivity index (χ0v) is 21.9. The maximum Gasteiger partial charge on any atom is 0.433 e. The fourth-order valence-electron chi connectivity index (χ4n) is 5.05. The number of aliphatic carboxylic acids is 1. The second kappa shape index (κ2) is 11.5. The van der Waals surface area contributed by atoms with E-state index in [1.165, 1.54) is 12.4 Å². The van der Waals surface area contributed by atoms with E-state index in [1.54, 1.807) is 0 Å². The van der Waals surface area contributed by atoms with Gasteiger partial charge in [-0.25, -0.2) is 0 Å². The van der Waals surface area contributed by atoms with Crippen LogP contribution in [0, 0.1) is 5.92 Å². The molecule has 4 rings (SSSR count). The first kappa shape index (κ1) is 28.8. The molecule has 3 heterocycles. The summed E-state index contributed by atoms with van der Waals surface area (Å²) in [6, 6.07) is -1.33. The molecule has 2 aromatic heterocycles. The molecule has 0 bridgehead atoms. The molecule has 2 fully saturated rings. The number of carbonyl (C=O) groups excluding carboxylic acids is 3. The SMILES string of the molecule is O=C1CC[C@H](CN(CC(=O)c2c(Cl)cncc2Cl)C(=O)c2cnn([C@H]3CC[C@H](C(=O)O)CC3)c2C(F)(F)F)N1. The molecule has 1 aliphatic heterocycles. The molecule has 10 nitrogen and oxygen atoms in total. The van der Waals surface area contributed by atoms with Gasteiger partial charge in [0, 0.05) is 31.4 Å². The monoisotopic (exact) mass is 589 g/mol. The third-order valence-corrected chi connectivity index (χ3v) is 7.54. The van der Waals surface area contributed by atoms with E-state index in [4.69, 9.17) is 23.2 Å². The van der Waals surface area contributed by atoms with E-state index in [-0.39, 0.29) is 60.2 Å². The highest BCUT2D eigenvalue weighted by molar-refractivity contribution is 6.39. The quantitative estimate of drug-likeness (QED) is 0.444. The standard InChI is InChI=1S/C24H24Cl2F3N5O5/c25-16-8-30-9-17(26)20(16)18(35)11-33(10-13-3-6-19(36)32-13)22(37)15-7-31-34(21(15)24(27,28)29)14-4-1-12(2-5-14)23(38)39/h7-9,12-14H,1-6,10-11H2,(H,32,36)(H,38,39)/t12-,13-,14-/m1/s1. The van der Waals surface area contributed by atoms with Gasteiger partial charge >= 0.3 is 12.1 Å². The number of amides is 2. The van der Waals surface area contributed by atoms with E-state index in [0.717, 1.165) is 15.8 Å². The van der Waals surface area contributed by atoms with E-state index in [0.29, 0.717) is 6.42 Å². The number of carboxylic acids is 1.